The van der Waals surface area contributed by atoms with Crippen molar-refractivity contribution in [2.45, 2.75) is 33.6 Å². The summed E-state index contributed by atoms with van der Waals surface area (Å²) in [6, 6.07) is 0. The summed E-state index contributed by atoms with van der Waals surface area (Å²) in [7, 11) is 0. The summed E-state index contributed by atoms with van der Waals surface area (Å²) in [6.07, 6.45) is 1.49. The fourth-order valence-corrected chi connectivity index (χ4v) is 1.13. The van der Waals surface area contributed by atoms with E-state index >= 15 is 0 Å². The molecule has 0 aromatic carbocycles. The van der Waals surface area contributed by atoms with Crippen LogP contribution in [0.25, 0.3) is 0 Å². The lowest BCUT2D eigenvalue weighted by molar-refractivity contribution is 0.362. The van der Waals surface area contributed by atoms with E-state index in [0.29, 0.717) is 23.9 Å². The molecule has 0 amide bonds. The first-order valence-corrected chi connectivity index (χ1v) is 4.25. The van der Waals surface area contributed by atoms with Gasteiger partial charge in [0.05, 0.1) is 0 Å². The summed E-state index contributed by atoms with van der Waals surface area (Å²) in [5.74, 6) is 1.30. The third-order valence-electron chi connectivity index (χ3n) is 1.64. The van der Waals surface area contributed by atoms with Crippen molar-refractivity contribution in [3.8, 4) is 0 Å². The minimum atomic E-state index is -0.581. The predicted octanol–water partition coefficient (Wildman–Crippen LogP) is 1.99. The SMILES string of the molecule is CCc1oc(=O)oc1CC(C)C. The first-order valence-electron chi connectivity index (χ1n) is 4.25. The van der Waals surface area contributed by atoms with E-state index in [1.165, 1.54) is 0 Å². The Morgan fingerprint density at radius 3 is 2.33 bits per heavy atom. The van der Waals surface area contributed by atoms with Gasteiger partial charge in [-0.15, -0.1) is 0 Å². The molecule has 0 radical (unpaired) electrons. The summed E-state index contributed by atoms with van der Waals surface area (Å²) in [5.41, 5.74) is 0. The van der Waals surface area contributed by atoms with E-state index in [-0.39, 0.29) is 0 Å². The average Bonchev–Trinajstić information content (AvgIpc) is 2.29. The molecule has 1 aromatic heterocycles. The van der Waals surface area contributed by atoms with E-state index in [1.54, 1.807) is 0 Å². The van der Waals surface area contributed by atoms with Gasteiger partial charge in [-0.1, -0.05) is 20.8 Å². The lowest BCUT2D eigenvalue weighted by Crippen LogP contribution is -1.95. The number of hydrogen-bond acceptors (Lipinski definition) is 3. The second kappa shape index (κ2) is 3.61. The van der Waals surface area contributed by atoms with Crippen molar-refractivity contribution >= 4 is 0 Å². The van der Waals surface area contributed by atoms with Crippen LogP contribution in [-0.2, 0) is 12.8 Å². The molecular formula is C9H14O3. The van der Waals surface area contributed by atoms with Crippen LogP contribution < -0.4 is 5.82 Å². The summed E-state index contributed by atoms with van der Waals surface area (Å²) >= 11 is 0. The minimum absolute atomic E-state index is 0.482. The van der Waals surface area contributed by atoms with E-state index in [9.17, 15) is 4.79 Å². The molecule has 0 aliphatic rings. The van der Waals surface area contributed by atoms with Gasteiger partial charge in [0.15, 0.2) is 0 Å². The van der Waals surface area contributed by atoms with Crippen molar-refractivity contribution in [1.29, 1.82) is 0 Å². The fourth-order valence-electron chi connectivity index (χ4n) is 1.13. The Kier molecular flexibility index (Phi) is 2.74. The van der Waals surface area contributed by atoms with Crippen molar-refractivity contribution in [3.63, 3.8) is 0 Å². The van der Waals surface area contributed by atoms with Gasteiger partial charge in [-0.3, -0.25) is 0 Å². The van der Waals surface area contributed by atoms with Gasteiger partial charge in [0.2, 0.25) is 0 Å². The van der Waals surface area contributed by atoms with Gasteiger partial charge in [-0.25, -0.2) is 4.79 Å². The highest BCUT2D eigenvalue weighted by Gasteiger charge is 2.11. The van der Waals surface area contributed by atoms with E-state index in [4.69, 9.17) is 8.83 Å². The van der Waals surface area contributed by atoms with Crippen LogP contribution >= 0.6 is 0 Å². The van der Waals surface area contributed by atoms with Crippen LogP contribution in [0.15, 0.2) is 13.6 Å². The maximum Gasteiger partial charge on any atom is 0.519 e. The molecule has 0 aliphatic heterocycles. The minimum Gasteiger partial charge on any atom is -0.396 e. The predicted molar refractivity (Wildman–Crippen MR) is 45.2 cm³/mol. The largest absolute Gasteiger partial charge is 0.519 e. The summed E-state index contributed by atoms with van der Waals surface area (Å²) in [5, 5.41) is 0. The maximum absolute atomic E-state index is 10.7. The lowest BCUT2D eigenvalue weighted by atomic mass is 10.1. The highest BCUT2D eigenvalue weighted by molar-refractivity contribution is 5.03. The Morgan fingerprint density at radius 2 is 1.83 bits per heavy atom. The van der Waals surface area contributed by atoms with Gasteiger partial charge in [0.25, 0.3) is 0 Å². The quantitative estimate of drug-likeness (QED) is 0.696. The molecular weight excluding hydrogens is 156 g/mol. The van der Waals surface area contributed by atoms with Gasteiger partial charge >= 0.3 is 5.82 Å². The molecule has 0 bridgehead atoms. The molecule has 0 unspecified atom stereocenters. The zero-order valence-electron chi connectivity index (χ0n) is 7.72. The monoisotopic (exact) mass is 170 g/mol. The van der Waals surface area contributed by atoms with E-state index in [0.717, 1.165) is 6.42 Å². The first kappa shape index (κ1) is 9.10. The van der Waals surface area contributed by atoms with E-state index in [1.807, 2.05) is 6.92 Å². The van der Waals surface area contributed by atoms with Crippen LogP contribution in [0.4, 0.5) is 0 Å². The molecule has 0 saturated carbocycles. The van der Waals surface area contributed by atoms with Crippen LogP contribution in [-0.4, -0.2) is 0 Å². The highest BCUT2D eigenvalue weighted by Crippen LogP contribution is 2.12. The third-order valence-corrected chi connectivity index (χ3v) is 1.64. The third kappa shape index (κ3) is 2.00. The van der Waals surface area contributed by atoms with Crippen molar-refractivity contribution in [2.75, 3.05) is 0 Å². The molecule has 68 valence electrons. The van der Waals surface area contributed by atoms with Gasteiger partial charge in [-0.2, -0.15) is 0 Å². The van der Waals surface area contributed by atoms with Crippen LogP contribution in [0.5, 0.6) is 0 Å². The summed E-state index contributed by atoms with van der Waals surface area (Å²) in [6.45, 7) is 6.09. The molecule has 1 aromatic rings. The Hall–Kier alpha value is -0.990. The molecule has 3 nitrogen and oxygen atoms in total. The normalized spacial score (nSPS) is 11.0. The molecule has 0 saturated heterocycles. The lowest BCUT2D eigenvalue weighted by Gasteiger charge is -1.99. The summed E-state index contributed by atoms with van der Waals surface area (Å²) in [4.78, 5) is 10.7. The fraction of sp³-hybridized carbons (Fsp3) is 0.667. The Balaban J connectivity index is 2.89. The number of rotatable bonds is 3. The van der Waals surface area contributed by atoms with Crippen LogP contribution in [0.3, 0.4) is 0 Å². The molecule has 3 heteroatoms. The van der Waals surface area contributed by atoms with E-state index in [2.05, 4.69) is 13.8 Å². The number of aryl methyl sites for hydroxylation is 1. The Labute approximate surface area is 71.4 Å². The molecule has 0 atom stereocenters. The zero-order valence-corrected chi connectivity index (χ0v) is 7.72. The van der Waals surface area contributed by atoms with Crippen molar-refractivity contribution in [2.24, 2.45) is 5.92 Å². The number of hydrogen-bond donors (Lipinski definition) is 0. The van der Waals surface area contributed by atoms with Gasteiger partial charge < -0.3 is 8.83 Å². The van der Waals surface area contributed by atoms with Crippen LogP contribution in [0, 0.1) is 5.92 Å². The van der Waals surface area contributed by atoms with Crippen LogP contribution in [0.1, 0.15) is 32.3 Å². The standard InChI is InChI=1S/C9H14O3/c1-4-7-8(5-6(2)3)12-9(10)11-7/h6H,4-5H2,1-3H3. The molecule has 12 heavy (non-hydrogen) atoms. The molecule has 1 heterocycles. The molecule has 0 aliphatic carbocycles. The Morgan fingerprint density at radius 1 is 1.25 bits per heavy atom. The molecule has 0 N–H and O–H groups in total. The van der Waals surface area contributed by atoms with Gasteiger partial charge in [0, 0.05) is 12.8 Å². The van der Waals surface area contributed by atoms with Crippen molar-refractivity contribution < 1.29 is 8.83 Å². The smallest absolute Gasteiger partial charge is 0.396 e. The van der Waals surface area contributed by atoms with Crippen LogP contribution in [0.2, 0.25) is 0 Å². The molecule has 0 spiro atoms. The molecule has 1 rings (SSSR count). The molecule has 0 fully saturated rings. The highest BCUT2D eigenvalue weighted by atomic mass is 16.6. The zero-order chi connectivity index (χ0) is 9.14. The summed E-state index contributed by atoms with van der Waals surface area (Å²) < 4.78 is 9.74. The second-order valence-corrected chi connectivity index (χ2v) is 3.25. The van der Waals surface area contributed by atoms with Crippen molar-refractivity contribution in [1.82, 2.24) is 0 Å². The average molecular weight is 170 g/mol. The van der Waals surface area contributed by atoms with E-state index < -0.39 is 5.82 Å². The van der Waals surface area contributed by atoms with Gasteiger partial charge in [-0.05, 0) is 5.92 Å². The van der Waals surface area contributed by atoms with Gasteiger partial charge in [0.1, 0.15) is 11.5 Å². The first-order chi connectivity index (χ1) is 5.63. The second-order valence-electron chi connectivity index (χ2n) is 3.25. The Bertz CT molecular complexity index is 293. The maximum atomic E-state index is 10.7. The van der Waals surface area contributed by atoms with Crippen molar-refractivity contribution in [3.05, 3.63) is 22.1 Å². The topological polar surface area (TPSA) is 43.4 Å².